The summed E-state index contributed by atoms with van der Waals surface area (Å²) < 4.78 is 7.09. The Bertz CT molecular complexity index is 2320. The normalized spacial score (nSPS) is 13.2. The second-order valence-corrected chi connectivity index (χ2v) is 17.9. The van der Waals surface area contributed by atoms with E-state index in [1.807, 2.05) is 0 Å². The molecule has 0 spiro atoms. The Labute approximate surface area is 330 Å². The van der Waals surface area contributed by atoms with Crippen molar-refractivity contribution in [3.05, 3.63) is 144 Å². The van der Waals surface area contributed by atoms with Gasteiger partial charge >= 0.3 is 0 Å². The van der Waals surface area contributed by atoms with Gasteiger partial charge in [0.25, 0.3) is 6.71 Å². The molecular weight excluding hydrogens is 665 g/mol. The molecule has 2 aliphatic rings. The third-order valence-corrected chi connectivity index (χ3v) is 11.8. The maximum atomic E-state index is 7.09. The molecule has 0 unspecified atom stereocenters. The van der Waals surface area contributed by atoms with Crippen LogP contribution in [0.25, 0.3) is 22.3 Å². The van der Waals surface area contributed by atoms with Crippen LogP contribution in [0.2, 0.25) is 0 Å². The van der Waals surface area contributed by atoms with Gasteiger partial charge in [0.05, 0.1) is 5.69 Å². The van der Waals surface area contributed by atoms with Gasteiger partial charge < -0.3 is 9.64 Å². The van der Waals surface area contributed by atoms with Gasteiger partial charge in [-0.05, 0) is 122 Å². The first kappa shape index (κ1) is 36.9. The topological polar surface area (TPSA) is 12.5 Å². The number of rotatable bonds is 9. The molecule has 8 rings (SSSR count). The largest absolute Gasteiger partial charge is 0.458 e. The molecule has 0 bridgehead atoms. The Kier molecular flexibility index (Phi) is 9.78. The minimum Gasteiger partial charge on any atom is -0.458 e. The molecule has 0 N–H and O–H groups in total. The van der Waals surface area contributed by atoms with Crippen molar-refractivity contribution in [2.75, 3.05) is 4.90 Å². The lowest BCUT2D eigenvalue weighted by Gasteiger charge is -2.43. The Morgan fingerprint density at radius 1 is 0.509 bits per heavy atom. The number of hydrogen-bond acceptors (Lipinski definition) is 2. The maximum Gasteiger partial charge on any atom is 0.256 e. The van der Waals surface area contributed by atoms with Crippen LogP contribution in [-0.4, -0.2) is 6.71 Å². The van der Waals surface area contributed by atoms with Crippen molar-refractivity contribution in [2.24, 2.45) is 0 Å². The highest BCUT2D eigenvalue weighted by Crippen LogP contribution is 2.47. The van der Waals surface area contributed by atoms with E-state index in [0.29, 0.717) is 0 Å². The van der Waals surface area contributed by atoms with E-state index in [0.717, 1.165) is 50.0 Å². The monoisotopic (exact) mass is 721 g/mol. The van der Waals surface area contributed by atoms with E-state index in [1.54, 1.807) is 0 Å². The molecule has 0 aliphatic carbocycles. The summed E-state index contributed by atoms with van der Waals surface area (Å²) in [5, 5.41) is 0. The van der Waals surface area contributed by atoms with E-state index >= 15 is 0 Å². The smallest absolute Gasteiger partial charge is 0.256 e. The molecule has 6 aromatic carbocycles. The van der Waals surface area contributed by atoms with Gasteiger partial charge in [-0.25, -0.2) is 0 Å². The molecule has 3 heteroatoms. The predicted octanol–water partition coefficient (Wildman–Crippen LogP) is 12.7. The Hall–Kier alpha value is -5.02. The van der Waals surface area contributed by atoms with Crippen molar-refractivity contribution in [1.29, 1.82) is 0 Å². The van der Waals surface area contributed by atoms with Crippen LogP contribution in [0.1, 0.15) is 103 Å². The quantitative estimate of drug-likeness (QED) is 0.138. The van der Waals surface area contributed by atoms with Gasteiger partial charge in [-0.1, -0.05) is 165 Å². The van der Waals surface area contributed by atoms with E-state index in [2.05, 4.69) is 182 Å². The molecular formula is C52H56BNO. The van der Waals surface area contributed by atoms with E-state index in [-0.39, 0.29) is 17.5 Å². The summed E-state index contributed by atoms with van der Waals surface area (Å²) in [5.41, 5.74) is 18.2. The van der Waals surface area contributed by atoms with Gasteiger partial charge in [0.15, 0.2) is 0 Å². The standard InChI is InChI=1S/C52H56BNO/c1-9-11-19-39-29-41(51(3,4)5)30-40(20-12-10-2)50(39)54-45-27-25-37(35-21-15-13-16-22-35)31-43(45)53-44-32-38(36-23-17-14-18-24-36)26-28-47(44)55-48-34-42(52(6,7)8)33-46(54)49(48)53/h13-18,21-34H,9-12,19-20H2,1-8H3. The SMILES string of the molecule is CCCCc1cc(C(C)(C)C)cc(CCCC)c1N1c2ccc(-c3ccccc3)cc2B2c3cc(-c4ccccc4)ccc3Oc3cc(C(C)(C)C)cc1c32. The fraction of sp³-hybridized carbons (Fsp3) is 0.308. The number of nitrogens with zero attached hydrogens (tertiary/aromatic N) is 1. The van der Waals surface area contributed by atoms with Gasteiger partial charge in [-0.15, -0.1) is 0 Å². The van der Waals surface area contributed by atoms with Crippen LogP contribution in [0.4, 0.5) is 17.1 Å². The van der Waals surface area contributed by atoms with Gasteiger partial charge in [0.1, 0.15) is 11.5 Å². The molecule has 0 radical (unpaired) electrons. The summed E-state index contributed by atoms with van der Waals surface area (Å²) in [6.07, 6.45) is 6.73. The molecule has 2 heterocycles. The number of fused-ring (bicyclic) bond motifs is 4. The zero-order chi connectivity index (χ0) is 38.5. The van der Waals surface area contributed by atoms with Gasteiger partial charge in [0.2, 0.25) is 0 Å². The summed E-state index contributed by atoms with van der Waals surface area (Å²) >= 11 is 0. The van der Waals surface area contributed by atoms with Crippen LogP contribution in [0.15, 0.2) is 121 Å². The second-order valence-electron chi connectivity index (χ2n) is 17.9. The Morgan fingerprint density at radius 2 is 1.04 bits per heavy atom. The molecule has 0 amide bonds. The number of hydrogen-bond donors (Lipinski definition) is 0. The first-order valence-electron chi connectivity index (χ1n) is 20.7. The lowest BCUT2D eigenvalue weighted by molar-refractivity contribution is 0.483. The molecule has 0 aromatic heterocycles. The van der Waals surface area contributed by atoms with Crippen LogP contribution < -0.4 is 26.0 Å². The van der Waals surface area contributed by atoms with E-state index in [9.17, 15) is 0 Å². The van der Waals surface area contributed by atoms with E-state index in [1.165, 1.54) is 78.0 Å². The van der Waals surface area contributed by atoms with Crippen molar-refractivity contribution in [1.82, 2.24) is 0 Å². The molecule has 0 saturated heterocycles. The van der Waals surface area contributed by atoms with Crippen molar-refractivity contribution in [2.45, 2.75) is 105 Å². The summed E-state index contributed by atoms with van der Waals surface area (Å²) in [7, 11) is 0. The molecule has 2 aliphatic heterocycles. The molecule has 55 heavy (non-hydrogen) atoms. The predicted molar refractivity (Wildman–Crippen MR) is 238 cm³/mol. The lowest BCUT2D eigenvalue weighted by Crippen LogP contribution is -2.59. The summed E-state index contributed by atoms with van der Waals surface area (Å²) in [6.45, 7) is 18.7. The molecule has 278 valence electrons. The van der Waals surface area contributed by atoms with Crippen LogP contribution in [0, 0.1) is 0 Å². The number of aryl methyl sites for hydroxylation is 2. The Morgan fingerprint density at radius 3 is 1.58 bits per heavy atom. The maximum absolute atomic E-state index is 7.09. The van der Waals surface area contributed by atoms with Gasteiger partial charge in [0, 0.05) is 11.4 Å². The average Bonchev–Trinajstić information content (AvgIpc) is 3.18. The van der Waals surface area contributed by atoms with Crippen LogP contribution in [0.3, 0.4) is 0 Å². The fourth-order valence-electron chi connectivity index (χ4n) is 8.64. The van der Waals surface area contributed by atoms with Crippen molar-refractivity contribution in [3.63, 3.8) is 0 Å². The number of anilines is 3. The molecule has 6 aromatic rings. The highest BCUT2D eigenvalue weighted by molar-refractivity contribution is 6.99. The molecule has 2 nitrogen and oxygen atoms in total. The first-order chi connectivity index (χ1) is 26.5. The number of unbranched alkanes of at least 4 members (excludes halogenated alkanes) is 2. The third kappa shape index (κ3) is 6.92. The lowest BCUT2D eigenvalue weighted by atomic mass is 9.34. The van der Waals surface area contributed by atoms with Gasteiger partial charge in [-0.2, -0.15) is 0 Å². The third-order valence-electron chi connectivity index (χ3n) is 11.8. The number of benzene rings is 6. The van der Waals surface area contributed by atoms with E-state index in [4.69, 9.17) is 4.74 Å². The van der Waals surface area contributed by atoms with Crippen molar-refractivity contribution >= 4 is 40.2 Å². The summed E-state index contributed by atoms with van der Waals surface area (Å²) in [5.74, 6) is 1.92. The average molecular weight is 722 g/mol. The summed E-state index contributed by atoms with van der Waals surface area (Å²) in [6, 6.07) is 45.6. The highest BCUT2D eigenvalue weighted by Gasteiger charge is 2.44. The van der Waals surface area contributed by atoms with Crippen molar-refractivity contribution in [3.8, 4) is 33.8 Å². The number of ether oxygens (including phenoxy) is 1. The zero-order valence-corrected chi connectivity index (χ0v) is 34.2. The second kappa shape index (κ2) is 14.6. The minimum absolute atomic E-state index is 0.00775. The first-order valence-corrected chi connectivity index (χ1v) is 20.7. The van der Waals surface area contributed by atoms with E-state index < -0.39 is 0 Å². The van der Waals surface area contributed by atoms with Gasteiger partial charge in [-0.3, -0.25) is 0 Å². The fourth-order valence-corrected chi connectivity index (χ4v) is 8.64. The zero-order valence-electron chi connectivity index (χ0n) is 34.2. The Balaban J connectivity index is 1.47. The highest BCUT2D eigenvalue weighted by atomic mass is 16.5. The minimum atomic E-state index is -0.0723. The molecule has 0 fully saturated rings. The van der Waals surface area contributed by atoms with Crippen LogP contribution >= 0.6 is 0 Å². The van der Waals surface area contributed by atoms with Crippen molar-refractivity contribution < 1.29 is 4.74 Å². The van der Waals surface area contributed by atoms with Crippen LogP contribution in [-0.2, 0) is 23.7 Å². The summed E-state index contributed by atoms with van der Waals surface area (Å²) in [4.78, 5) is 2.67. The van der Waals surface area contributed by atoms with Crippen LogP contribution in [0.5, 0.6) is 11.5 Å². The molecule has 0 saturated carbocycles. The molecule has 0 atom stereocenters.